The Labute approximate surface area is 293 Å². The summed E-state index contributed by atoms with van der Waals surface area (Å²) in [5.41, 5.74) is 20.3. The Balaban J connectivity index is 1.22. The first-order valence-electron chi connectivity index (χ1n) is 17.3. The van der Waals surface area contributed by atoms with Gasteiger partial charge in [-0.1, -0.05) is 170 Å². The van der Waals surface area contributed by atoms with Crippen molar-refractivity contribution >= 4 is 34.1 Å². The summed E-state index contributed by atoms with van der Waals surface area (Å²) in [5.74, 6) is 0. The zero-order valence-electron chi connectivity index (χ0n) is 27.5. The first-order valence-corrected chi connectivity index (χ1v) is 17.3. The van der Waals surface area contributed by atoms with E-state index in [1.807, 2.05) is 0 Å². The molecule has 8 aromatic rings. The highest BCUT2D eigenvalue weighted by Gasteiger charge is 2.30. The minimum Gasteiger partial charge on any atom is -0.0622 e. The zero-order valence-corrected chi connectivity index (χ0v) is 27.5. The summed E-state index contributed by atoms with van der Waals surface area (Å²) < 4.78 is 0. The minimum atomic E-state index is 1.21. The van der Waals surface area contributed by atoms with Crippen LogP contribution in [0.1, 0.15) is 33.4 Å². The van der Waals surface area contributed by atoms with Crippen molar-refractivity contribution in [1.29, 1.82) is 0 Å². The zero-order chi connectivity index (χ0) is 33.0. The van der Waals surface area contributed by atoms with E-state index in [1.54, 1.807) is 0 Å². The van der Waals surface area contributed by atoms with E-state index in [-0.39, 0.29) is 0 Å². The molecule has 0 atom stereocenters. The van der Waals surface area contributed by atoms with Gasteiger partial charge in [0, 0.05) is 0 Å². The van der Waals surface area contributed by atoms with Gasteiger partial charge in [0.05, 0.1) is 0 Å². The quantitative estimate of drug-likeness (QED) is 0.181. The van der Waals surface area contributed by atoms with Crippen molar-refractivity contribution in [3.63, 3.8) is 0 Å². The van der Waals surface area contributed by atoms with E-state index in [0.717, 1.165) is 0 Å². The Bertz CT molecular complexity index is 2450. The Morgan fingerprint density at radius 3 is 1.02 bits per heavy atom. The maximum atomic E-state index is 2.39. The Morgan fingerprint density at radius 1 is 0.260 bits per heavy atom. The van der Waals surface area contributed by atoms with Gasteiger partial charge in [-0.15, -0.1) is 0 Å². The summed E-state index contributed by atoms with van der Waals surface area (Å²) in [7, 11) is 0. The lowest BCUT2D eigenvalue weighted by atomic mass is 9.91. The topological polar surface area (TPSA) is 0 Å². The van der Waals surface area contributed by atoms with E-state index in [9.17, 15) is 0 Å². The first-order chi connectivity index (χ1) is 24.8. The van der Waals surface area contributed by atoms with Crippen molar-refractivity contribution < 1.29 is 0 Å². The molecule has 0 heterocycles. The Morgan fingerprint density at radius 2 is 0.620 bits per heavy atom. The number of hydrogen-bond donors (Lipinski definition) is 0. The maximum absolute atomic E-state index is 2.39. The van der Waals surface area contributed by atoms with Gasteiger partial charge in [-0.3, -0.25) is 0 Å². The fourth-order valence-corrected chi connectivity index (χ4v) is 8.06. The minimum absolute atomic E-state index is 1.21. The van der Waals surface area contributed by atoms with Crippen LogP contribution >= 0.6 is 0 Å². The summed E-state index contributed by atoms with van der Waals surface area (Å²) >= 11 is 0. The third kappa shape index (κ3) is 4.61. The fourth-order valence-electron chi connectivity index (χ4n) is 8.06. The lowest BCUT2D eigenvalue weighted by Crippen LogP contribution is -1.88. The lowest BCUT2D eigenvalue weighted by Gasteiger charge is -2.12. The second kappa shape index (κ2) is 11.6. The summed E-state index contributed by atoms with van der Waals surface area (Å²) in [6.45, 7) is 0. The molecule has 232 valence electrons. The van der Waals surface area contributed by atoms with Gasteiger partial charge in [-0.25, -0.2) is 0 Å². The molecule has 2 aliphatic rings. The second-order valence-electron chi connectivity index (χ2n) is 13.3. The average molecular weight is 633 g/mol. The number of benzene rings is 8. The third-order valence-corrected chi connectivity index (χ3v) is 10.4. The molecule has 0 spiro atoms. The first kappa shape index (κ1) is 28.5. The summed E-state index contributed by atoms with van der Waals surface area (Å²) in [6, 6.07) is 66.4. The lowest BCUT2D eigenvalue weighted by molar-refractivity contribution is 1.60. The van der Waals surface area contributed by atoms with Crippen LogP contribution in [0.15, 0.2) is 182 Å². The van der Waals surface area contributed by atoms with Crippen molar-refractivity contribution in [2.75, 3.05) is 0 Å². The maximum Gasteiger partial charge on any atom is -0.00201 e. The van der Waals surface area contributed by atoms with Crippen LogP contribution in [0.2, 0.25) is 0 Å². The van der Waals surface area contributed by atoms with Gasteiger partial charge in [0.15, 0.2) is 0 Å². The van der Waals surface area contributed by atoms with Crippen molar-refractivity contribution in [2.45, 2.75) is 0 Å². The molecule has 0 radical (unpaired) electrons. The van der Waals surface area contributed by atoms with E-state index in [0.29, 0.717) is 0 Å². The SMILES string of the molecule is C(=C1\c2cc(-c3ccccc3)ccc2-c2c1ccc1c3c(ccc21)/C(=C\c1ccccc1)c1cc(-c2ccccc2)ccc1-3)/c1ccccc1. The van der Waals surface area contributed by atoms with Crippen molar-refractivity contribution in [2.24, 2.45) is 0 Å². The van der Waals surface area contributed by atoms with E-state index in [2.05, 4.69) is 194 Å². The normalized spacial score (nSPS) is 14.1. The molecule has 0 heteroatoms. The third-order valence-electron chi connectivity index (χ3n) is 10.4. The molecular formula is C50H32. The highest BCUT2D eigenvalue weighted by Crippen LogP contribution is 2.54. The van der Waals surface area contributed by atoms with Crippen LogP contribution < -0.4 is 0 Å². The summed E-state index contributed by atoms with van der Waals surface area (Å²) in [6.07, 6.45) is 4.72. The average Bonchev–Trinajstić information content (AvgIpc) is 3.67. The van der Waals surface area contributed by atoms with Crippen molar-refractivity contribution in [3.05, 3.63) is 215 Å². The molecule has 10 rings (SSSR count). The standard InChI is InChI=1S/C50H32/c1-5-13-33(14-6-1)29-45-43-27-25-40-39(49(43)41-23-21-37(31-47(41)45)35-17-9-3-10-18-35)26-28-44-46(30-34-15-7-2-8-16-34)48-32-38(22-24-42(48)50(40)44)36-19-11-4-12-20-36/h1-32H/b45-29+,46-30+. The molecule has 0 amide bonds. The highest BCUT2D eigenvalue weighted by molar-refractivity contribution is 6.21. The van der Waals surface area contributed by atoms with E-state index in [1.165, 1.54) is 99.8 Å². The van der Waals surface area contributed by atoms with E-state index < -0.39 is 0 Å². The van der Waals surface area contributed by atoms with Crippen LogP contribution in [-0.4, -0.2) is 0 Å². The second-order valence-corrected chi connectivity index (χ2v) is 13.3. The molecule has 0 aromatic heterocycles. The van der Waals surface area contributed by atoms with E-state index >= 15 is 0 Å². The molecule has 0 bridgehead atoms. The molecule has 0 nitrogen and oxygen atoms in total. The van der Waals surface area contributed by atoms with Crippen LogP contribution in [0.3, 0.4) is 0 Å². The van der Waals surface area contributed by atoms with Crippen LogP contribution in [0, 0.1) is 0 Å². The van der Waals surface area contributed by atoms with Gasteiger partial charge >= 0.3 is 0 Å². The van der Waals surface area contributed by atoms with Gasteiger partial charge < -0.3 is 0 Å². The highest BCUT2D eigenvalue weighted by atomic mass is 14.3. The number of rotatable bonds is 4. The van der Waals surface area contributed by atoms with Crippen molar-refractivity contribution in [1.82, 2.24) is 0 Å². The smallest absolute Gasteiger partial charge is 0.00201 e. The van der Waals surface area contributed by atoms with Crippen LogP contribution in [-0.2, 0) is 0 Å². The molecule has 0 saturated carbocycles. The molecule has 8 aromatic carbocycles. The van der Waals surface area contributed by atoms with Crippen LogP contribution in [0.4, 0.5) is 0 Å². The predicted molar refractivity (Wildman–Crippen MR) is 213 cm³/mol. The van der Waals surface area contributed by atoms with Crippen LogP contribution in [0.25, 0.3) is 78.6 Å². The summed E-state index contributed by atoms with van der Waals surface area (Å²) in [4.78, 5) is 0. The molecule has 0 saturated heterocycles. The largest absolute Gasteiger partial charge is 0.0622 e. The van der Waals surface area contributed by atoms with Crippen molar-refractivity contribution in [3.8, 4) is 44.5 Å². The van der Waals surface area contributed by atoms with Gasteiger partial charge in [-0.2, -0.15) is 0 Å². The van der Waals surface area contributed by atoms with Gasteiger partial charge in [0.1, 0.15) is 0 Å². The van der Waals surface area contributed by atoms with Gasteiger partial charge in [0.25, 0.3) is 0 Å². The predicted octanol–water partition coefficient (Wildman–Crippen LogP) is 13.3. The number of fused-ring (bicyclic) bond motifs is 9. The summed E-state index contributed by atoms with van der Waals surface area (Å²) in [5, 5.41) is 2.59. The molecule has 2 aliphatic carbocycles. The fraction of sp³-hybridized carbons (Fsp3) is 0. The monoisotopic (exact) mass is 632 g/mol. The van der Waals surface area contributed by atoms with Gasteiger partial charge in [0.2, 0.25) is 0 Å². The molecule has 0 fully saturated rings. The molecule has 50 heavy (non-hydrogen) atoms. The Hall–Kier alpha value is -6.50. The molecular weight excluding hydrogens is 601 g/mol. The molecule has 0 N–H and O–H groups in total. The molecule has 0 aliphatic heterocycles. The number of hydrogen-bond acceptors (Lipinski definition) is 0. The Kier molecular flexibility index (Phi) is 6.60. The van der Waals surface area contributed by atoms with E-state index in [4.69, 9.17) is 0 Å². The van der Waals surface area contributed by atoms with Crippen LogP contribution in [0.5, 0.6) is 0 Å². The van der Waals surface area contributed by atoms with Gasteiger partial charge in [-0.05, 0) is 124 Å². The molecule has 0 unspecified atom stereocenters.